The molecule has 1 unspecified atom stereocenters. The molecule has 7 heteroatoms. The molecule has 1 aliphatic heterocycles. The summed E-state index contributed by atoms with van der Waals surface area (Å²) in [6.07, 6.45) is 0.672. The van der Waals surface area contributed by atoms with Crippen molar-refractivity contribution in [2.24, 2.45) is 5.92 Å². The van der Waals surface area contributed by atoms with Crippen LogP contribution in [0.25, 0.3) is 0 Å². The smallest absolute Gasteiger partial charge is 0.251 e. The van der Waals surface area contributed by atoms with Crippen LogP contribution in [0.1, 0.15) is 23.7 Å². The van der Waals surface area contributed by atoms with Gasteiger partial charge in [0.1, 0.15) is 0 Å². The molecule has 2 rings (SSSR count). The van der Waals surface area contributed by atoms with Gasteiger partial charge in [0.05, 0.1) is 22.9 Å². The first-order valence-corrected chi connectivity index (χ1v) is 8.85. The summed E-state index contributed by atoms with van der Waals surface area (Å²) in [4.78, 5) is 11.8. The second kappa shape index (κ2) is 6.34. The summed E-state index contributed by atoms with van der Waals surface area (Å²) in [6.45, 7) is 2.96. The summed E-state index contributed by atoms with van der Waals surface area (Å²) >= 11 is 0. The quantitative estimate of drug-likeness (QED) is 0.700. The van der Waals surface area contributed by atoms with Crippen LogP contribution in [0.3, 0.4) is 0 Å². The van der Waals surface area contributed by atoms with Crippen molar-refractivity contribution in [2.75, 3.05) is 35.6 Å². The van der Waals surface area contributed by atoms with Crippen molar-refractivity contribution in [3.63, 3.8) is 0 Å². The van der Waals surface area contributed by atoms with Crippen molar-refractivity contribution in [2.45, 2.75) is 13.3 Å². The van der Waals surface area contributed by atoms with Crippen molar-refractivity contribution in [1.29, 1.82) is 0 Å². The molecule has 0 bridgehead atoms. The van der Waals surface area contributed by atoms with E-state index in [2.05, 4.69) is 10.6 Å². The van der Waals surface area contributed by atoms with Crippen LogP contribution in [-0.2, 0) is 9.84 Å². The number of carbonyl (C=O) groups is 1. The summed E-state index contributed by atoms with van der Waals surface area (Å²) in [5.74, 6) is 0.426. The molecular formula is C14H21N3O3S. The minimum atomic E-state index is -2.87. The first kappa shape index (κ1) is 15.6. The van der Waals surface area contributed by atoms with Crippen LogP contribution in [0.15, 0.2) is 18.2 Å². The molecule has 116 valence electrons. The fourth-order valence-electron chi connectivity index (χ4n) is 2.40. The number of anilines is 2. The molecule has 0 aliphatic carbocycles. The third kappa shape index (κ3) is 4.10. The Labute approximate surface area is 125 Å². The van der Waals surface area contributed by atoms with Gasteiger partial charge in [0.15, 0.2) is 9.84 Å². The Morgan fingerprint density at radius 1 is 1.43 bits per heavy atom. The van der Waals surface area contributed by atoms with Crippen molar-refractivity contribution < 1.29 is 13.2 Å². The van der Waals surface area contributed by atoms with Gasteiger partial charge in [-0.25, -0.2) is 8.42 Å². The average molecular weight is 311 g/mol. The minimum Gasteiger partial charge on any atom is -0.397 e. The summed E-state index contributed by atoms with van der Waals surface area (Å²) in [6, 6.07) is 5.05. The number of hydrogen-bond donors (Lipinski definition) is 3. The Morgan fingerprint density at radius 2 is 2.19 bits per heavy atom. The number of sulfone groups is 1. The second-order valence-corrected chi connectivity index (χ2v) is 7.54. The van der Waals surface area contributed by atoms with Crippen molar-refractivity contribution in [1.82, 2.24) is 5.32 Å². The number of nitrogens with one attached hydrogen (secondary N) is 2. The SMILES string of the molecule is CCNC(=O)c1ccc(N)c(NCC2CCS(=O)(=O)C2)c1. The molecule has 1 fully saturated rings. The standard InChI is InChI=1S/C14H21N3O3S/c1-2-16-14(18)11-3-4-12(15)13(7-11)17-8-10-5-6-21(19,20)9-10/h3-4,7,10,17H,2,5-6,8-9,15H2,1H3,(H,16,18). The fraction of sp³-hybridized carbons (Fsp3) is 0.500. The van der Waals surface area contributed by atoms with E-state index in [1.807, 2.05) is 6.92 Å². The van der Waals surface area contributed by atoms with Crippen LogP contribution in [-0.4, -0.2) is 38.9 Å². The topological polar surface area (TPSA) is 101 Å². The van der Waals surface area contributed by atoms with E-state index in [4.69, 9.17) is 5.73 Å². The molecule has 1 atom stereocenters. The monoisotopic (exact) mass is 311 g/mol. The Morgan fingerprint density at radius 3 is 2.81 bits per heavy atom. The van der Waals surface area contributed by atoms with Crippen molar-refractivity contribution >= 4 is 27.1 Å². The summed E-state index contributed by atoms with van der Waals surface area (Å²) in [5.41, 5.74) is 7.64. The Hall–Kier alpha value is -1.76. The van der Waals surface area contributed by atoms with Gasteiger partial charge in [-0.15, -0.1) is 0 Å². The zero-order valence-electron chi connectivity index (χ0n) is 12.1. The highest BCUT2D eigenvalue weighted by molar-refractivity contribution is 7.91. The molecule has 1 heterocycles. The highest BCUT2D eigenvalue weighted by Gasteiger charge is 2.27. The lowest BCUT2D eigenvalue weighted by Gasteiger charge is -2.14. The second-order valence-electron chi connectivity index (χ2n) is 5.31. The number of nitrogens with two attached hydrogens (primary N) is 1. The number of amides is 1. The molecule has 0 aromatic heterocycles. The van der Waals surface area contributed by atoms with E-state index in [1.54, 1.807) is 18.2 Å². The normalized spacial score (nSPS) is 20.1. The van der Waals surface area contributed by atoms with Crippen LogP contribution in [0, 0.1) is 5.92 Å². The maximum Gasteiger partial charge on any atom is 0.251 e. The highest BCUT2D eigenvalue weighted by Crippen LogP contribution is 2.23. The molecule has 6 nitrogen and oxygen atoms in total. The lowest BCUT2D eigenvalue weighted by atomic mass is 10.1. The molecule has 1 amide bonds. The molecular weight excluding hydrogens is 290 g/mol. The first-order valence-electron chi connectivity index (χ1n) is 7.03. The van der Waals surface area contributed by atoms with E-state index in [1.165, 1.54) is 0 Å². The van der Waals surface area contributed by atoms with Gasteiger partial charge in [-0.05, 0) is 37.5 Å². The molecule has 1 aromatic rings. The minimum absolute atomic E-state index is 0.0996. The van der Waals surface area contributed by atoms with E-state index < -0.39 is 9.84 Å². The van der Waals surface area contributed by atoms with Crippen LogP contribution < -0.4 is 16.4 Å². The fourth-order valence-corrected chi connectivity index (χ4v) is 4.26. The van der Waals surface area contributed by atoms with E-state index in [0.29, 0.717) is 36.4 Å². The predicted octanol–water partition coefficient (Wildman–Crippen LogP) is 0.865. The number of rotatable bonds is 5. The zero-order chi connectivity index (χ0) is 15.5. The molecule has 0 spiro atoms. The highest BCUT2D eigenvalue weighted by atomic mass is 32.2. The van der Waals surface area contributed by atoms with E-state index >= 15 is 0 Å². The maximum absolute atomic E-state index is 11.8. The lowest BCUT2D eigenvalue weighted by Crippen LogP contribution is -2.23. The van der Waals surface area contributed by atoms with Crippen LogP contribution in [0.4, 0.5) is 11.4 Å². The number of nitrogen functional groups attached to an aromatic ring is 1. The van der Waals surface area contributed by atoms with Gasteiger partial charge < -0.3 is 16.4 Å². The van der Waals surface area contributed by atoms with Crippen molar-refractivity contribution in [3.8, 4) is 0 Å². The Balaban J connectivity index is 2.02. The van der Waals surface area contributed by atoms with E-state index in [-0.39, 0.29) is 23.3 Å². The largest absolute Gasteiger partial charge is 0.397 e. The van der Waals surface area contributed by atoms with Crippen LogP contribution in [0.5, 0.6) is 0 Å². The molecule has 21 heavy (non-hydrogen) atoms. The molecule has 1 saturated heterocycles. The lowest BCUT2D eigenvalue weighted by molar-refractivity contribution is 0.0956. The first-order chi connectivity index (χ1) is 9.91. The summed E-state index contributed by atoms with van der Waals surface area (Å²) in [7, 11) is -2.87. The summed E-state index contributed by atoms with van der Waals surface area (Å²) < 4.78 is 22.9. The van der Waals surface area contributed by atoms with Crippen LogP contribution in [0.2, 0.25) is 0 Å². The van der Waals surface area contributed by atoms with Gasteiger partial charge in [0, 0.05) is 18.7 Å². The van der Waals surface area contributed by atoms with E-state index in [0.717, 1.165) is 0 Å². The predicted molar refractivity (Wildman–Crippen MR) is 84.1 cm³/mol. The molecule has 1 aliphatic rings. The van der Waals surface area contributed by atoms with Gasteiger partial charge in [-0.3, -0.25) is 4.79 Å². The average Bonchev–Trinajstić information content (AvgIpc) is 2.77. The molecule has 4 N–H and O–H groups in total. The van der Waals surface area contributed by atoms with Gasteiger partial charge in [-0.2, -0.15) is 0 Å². The third-order valence-corrected chi connectivity index (χ3v) is 5.40. The van der Waals surface area contributed by atoms with Gasteiger partial charge >= 0.3 is 0 Å². The number of carbonyl (C=O) groups excluding carboxylic acids is 1. The Kier molecular flexibility index (Phi) is 4.72. The summed E-state index contributed by atoms with van der Waals surface area (Å²) in [5, 5.41) is 5.89. The van der Waals surface area contributed by atoms with Crippen LogP contribution >= 0.6 is 0 Å². The molecule has 0 radical (unpaired) electrons. The number of benzene rings is 1. The van der Waals surface area contributed by atoms with Crippen molar-refractivity contribution in [3.05, 3.63) is 23.8 Å². The molecule has 1 aromatic carbocycles. The van der Waals surface area contributed by atoms with Gasteiger partial charge in [0.2, 0.25) is 0 Å². The Bertz CT molecular complexity index is 628. The van der Waals surface area contributed by atoms with Gasteiger partial charge in [-0.1, -0.05) is 0 Å². The zero-order valence-corrected chi connectivity index (χ0v) is 12.9. The van der Waals surface area contributed by atoms with E-state index in [9.17, 15) is 13.2 Å². The maximum atomic E-state index is 11.8. The van der Waals surface area contributed by atoms with Gasteiger partial charge in [0.25, 0.3) is 5.91 Å². The molecule has 0 saturated carbocycles. The third-order valence-electron chi connectivity index (χ3n) is 3.56. The number of hydrogen-bond acceptors (Lipinski definition) is 5.